The lowest BCUT2D eigenvalue weighted by atomic mass is 9.91. The summed E-state index contributed by atoms with van der Waals surface area (Å²) < 4.78 is 2.00. The lowest BCUT2D eigenvalue weighted by Gasteiger charge is -2.36. The van der Waals surface area contributed by atoms with E-state index >= 15 is 0 Å². The maximum atomic E-state index is 13.8. The molecule has 1 amide bonds. The molecule has 0 saturated carbocycles. The second-order valence-electron chi connectivity index (χ2n) is 9.80. The molecule has 4 heterocycles. The number of amides is 1. The summed E-state index contributed by atoms with van der Waals surface area (Å²) in [6, 6.07) is 11.2. The molecule has 2 atom stereocenters. The number of anilines is 1. The molecule has 2 aliphatic rings. The zero-order chi connectivity index (χ0) is 25.6. The van der Waals surface area contributed by atoms with Crippen molar-refractivity contribution in [3.05, 3.63) is 79.6 Å². The van der Waals surface area contributed by atoms with Crippen LogP contribution in [0.15, 0.2) is 52.3 Å². The monoisotopic (exact) mass is 538 g/mol. The van der Waals surface area contributed by atoms with Gasteiger partial charge in [0.05, 0.1) is 17.0 Å². The molecule has 0 radical (unpaired) electrons. The summed E-state index contributed by atoms with van der Waals surface area (Å²) in [5.74, 6) is 1.35. The highest BCUT2D eigenvalue weighted by Gasteiger charge is 2.34. The molecule has 5 rings (SSSR count). The number of aryl methyl sites for hydroxylation is 1. The molecule has 2 saturated heterocycles. The van der Waals surface area contributed by atoms with Gasteiger partial charge in [-0.25, -0.2) is 4.98 Å². The Hall–Kier alpha value is -2.68. The molecule has 36 heavy (non-hydrogen) atoms. The maximum absolute atomic E-state index is 13.8. The minimum atomic E-state index is -0.231. The predicted molar refractivity (Wildman–Crippen MR) is 152 cm³/mol. The van der Waals surface area contributed by atoms with Gasteiger partial charge >= 0.3 is 0 Å². The number of rotatable bonds is 4. The number of hydrogen-bond acceptors (Lipinski definition) is 6. The van der Waals surface area contributed by atoms with Gasteiger partial charge in [-0.05, 0) is 54.5 Å². The topological polar surface area (TPSA) is 57.9 Å². The molecular weight excluding hydrogens is 512 g/mol. The SMILES string of the molecule is Cc1ccc2nc(N3CC(C)CC(C)C3)c(/C=C3/SC(=S)N(Cc4ccccc4Cl)C3=O)c(=O)n2c1. The summed E-state index contributed by atoms with van der Waals surface area (Å²) in [5, 5.41) is 0.582. The van der Waals surface area contributed by atoms with Gasteiger partial charge in [-0.3, -0.25) is 18.9 Å². The van der Waals surface area contributed by atoms with E-state index in [0.717, 1.165) is 30.6 Å². The lowest BCUT2D eigenvalue weighted by Crippen LogP contribution is -2.40. The first-order valence-electron chi connectivity index (χ1n) is 12.0. The Morgan fingerprint density at radius 3 is 2.58 bits per heavy atom. The largest absolute Gasteiger partial charge is 0.355 e. The van der Waals surface area contributed by atoms with Crippen LogP contribution >= 0.6 is 35.6 Å². The zero-order valence-corrected chi connectivity index (χ0v) is 22.8. The van der Waals surface area contributed by atoms with Crippen molar-refractivity contribution in [3.63, 3.8) is 0 Å². The van der Waals surface area contributed by atoms with E-state index < -0.39 is 0 Å². The van der Waals surface area contributed by atoms with E-state index in [-0.39, 0.29) is 18.0 Å². The third-order valence-electron chi connectivity index (χ3n) is 6.59. The maximum Gasteiger partial charge on any atom is 0.267 e. The Balaban J connectivity index is 1.59. The Bertz CT molecular complexity index is 1460. The van der Waals surface area contributed by atoms with Gasteiger partial charge in [0.15, 0.2) is 0 Å². The van der Waals surface area contributed by atoms with Gasteiger partial charge in [0.2, 0.25) is 0 Å². The van der Waals surface area contributed by atoms with Crippen LogP contribution in [0.25, 0.3) is 11.7 Å². The van der Waals surface area contributed by atoms with Crippen LogP contribution in [0.1, 0.15) is 37.0 Å². The molecule has 0 N–H and O–H groups in total. The van der Waals surface area contributed by atoms with E-state index in [1.165, 1.54) is 16.7 Å². The van der Waals surface area contributed by atoms with Crippen LogP contribution in [-0.2, 0) is 11.3 Å². The Morgan fingerprint density at radius 2 is 1.86 bits per heavy atom. The standard InChI is InChI=1S/C27H27ClN4O2S2/c1-16-8-9-23-29-24(30-12-17(2)10-18(3)13-30)20(25(33)31(23)14-16)11-22-26(34)32(27(35)36-22)15-19-6-4-5-7-21(19)28/h4-9,11,14,17-18H,10,12-13,15H2,1-3H3/b22-11+. The smallest absolute Gasteiger partial charge is 0.267 e. The van der Waals surface area contributed by atoms with E-state index in [1.54, 1.807) is 22.7 Å². The van der Waals surface area contributed by atoms with E-state index in [4.69, 9.17) is 28.8 Å². The minimum absolute atomic E-state index is 0.194. The fraction of sp³-hybridized carbons (Fsp3) is 0.333. The number of carbonyl (C=O) groups excluding carboxylic acids is 1. The van der Waals surface area contributed by atoms with Gasteiger partial charge < -0.3 is 4.90 Å². The highest BCUT2D eigenvalue weighted by molar-refractivity contribution is 8.26. The van der Waals surface area contributed by atoms with E-state index in [2.05, 4.69) is 18.7 Å². The fourth-order valence-corrected chi connectivity index (χ4v) is 6.45. The molecule has 0 spiro atoms. The first-order valence-corrected chi connectivity index (χ1v) is 13.6. The third-order valence-corrected chi connectivity index (χ3v) is 8.34. The highest BCUT2D eigenvalue weighted by atomic mass is 35.5. The Kier molecular flexibility index (Phi) is 6.94. The molecular formula is C27H27ClN4O2S2. The van der Waals surface area contributed by atoms with Gasteiger partial charge in [0.25, 0.3) is 11.5 Å². The summed E-state index contributed by atoms with van der Waals surface area (Å²) in [7, 11) is 0. The van der Waals surface area contributed by atoms with E-state index in [1.807, 2.05) is 37.3 Å². The quantitative estimate of drug-likeness (QED) is 0.321. The second kappa shape index (κ2) is 10.00. The van der Waals surface area contributed by atoms with Gasteiger partial charge in [-0.2, -0.15) is 0 Å². The van der Waals surface area contributed by atoms with Crippen molar-refractivity contribution in [2.45, 2.75) is 33.7 Å². The van der Waals surface area contributed by atoms with Gasteiger partial charge in [-0.1, -0.05) is 73.7 Å². The van der Waals surface area contributed by atoms with Crippen LogP contribution in [0.4, 0.5) is 5.82 Å². The molecule has 2 fully saturated rings. The number of thiocarbonyl (C=S) groups is 1. The van der Waals surface area contributed by atoms with Crippen LogP contribution in [0.5, 0.6) is 0 Å². The van der Waals surface area contributed by atoms with Crippen molar-refractivity contribution in [2.24, 2.45) is 11.8 Å². The summed E-state index contributed by atoms with van der Waals surface area (Å²) in [4.78, 5) is 36.2. The molecule has 2 unspecified atom stereocenters. The number of halogens is 1. The first kappa shape index (κ1) is 25.0. The normalized spacial score (nSPS) is 21.7. The summed E-state index contributed by atoms with van der Waals surface area (Å²) in [6.07, 6.45) is 4.60. The number of hydrogen-bond donors (Lipinski definition) is 0. The summed E-state index contributed by atoms with van der Waals surface area (Å²) in [6.45, 7) is 8.29. The minimum Gasteiger partial charge on any atom is -0.355 e. The number of carbonyl (C=O) groups is 1. The van der Waals surface area contributed by atoms with Gasteiger partial charge in [0, 0.05) is 24.3 Å². The average molecular weight is 539 g/mol. The number of benzene rings is 1. The lowest BCUT2D eigenvalue weighted by molar-refractivity contribution is -0.122. The van der Waals surface area contributed by atoms with Crippen LogP contribution < -0.4 is 10.5 Å². The Labute approximate surface area is 225 Å². The molecule has 186 valence electrons. The molecule has 0 bridgehead atoms. The van der Waals surface area contributed by atoms with E-state index in [0.29, 0.717) is 43.1 Å². The number of pyridine rings is 1. The number of nitrogens with zero attached hydrogens (tertiary/aromatic N) is 4. The number of fused-ring (bicyclic) bond motifs is 1. The average Bonchev–Trinajstić information content (AvgIpc) is 3.09. The number of aromatic nitrogens is 2. The number of piperidine rings is 1. The molecule has 2 aliphatic heterocycles. The van der Waals surface area contributed by atoms with Crippen LogP contribution in [0.2, 0.25) is 5.02 Å². The van der Waals surface area contributed by atoms with Gasteiger partial charge in [0.1, 0.15) is 15.8 Å². The van der Waals surface area contributed by atoms with Crippen molar-refractivity contribution in [3.8, 4) is 0 Å². The predicted octanol–water partition coefficient (Wildman–Crippen LogP) is 5.54. The van der Waals surface area contributed by atoms with Crippen LogP contribution in [-0.4, -0.2) is 37.6 Å². The highest BCUT2D eigenvalue weighted by Crippen LogP contribution is 2.36. The van der Waals surface area contributed by atoms with Crippen molar-refractivity contribution in [1.29, 1.82) is 0 Å². The van der Waals surface area contributed by atoms with E-state index in [9.17, 15) is 9.59 Å². The van der Waals surface area contributed by atoms with Gasteiger partial charge in [-0.15, -0.1) is 0 Å². The summed E-state index contributed by atoms with van der Waals surface area (Å²) >= 11 is 13.1. The zero-order valence-electron chi connectivity index (χ0n) is 20.4. The molecule has 6 nitrogen and oxygen atoms in total. The van der Waals surface area contributed by atoms with Crippen LogP contribution in [0, 0.1) is 18.8 Å². The fourth-order valence-electron chi connectivity index (χ4n) is 5.01. The van der Waals surface area contributed by atoms with Crippen LogP contribution in [0.3, 0.4) is 0 Å². The molecule has 2 aromatic heterocycles. The van der Waals surface area contributed by atoms with Crippen molar-refractivity contribution < 1.29 is 4.79 Å². The molecule has 9 heteroatoms. The third kappa shape index (κ3) is 4.82. The van der Waals surface area contributed by atoms with Crippen molar-refractivity contribution >= 4 is 63.3 Å². The first-order chi connectivity index (χ1) is 17.2. The van der Waals surface area contributed by atoms with Crippen molar-refractivity contribution in [1.82, 2.24) is 14.3 Å². The molecule has 1 aromatic carbocycles. The molecule has 0 aliphatic carbocycles. The number of thioether (sulfide) groups is 1. The molecule has 3 aromatic rings. The second-order valence-corrected chi connectivity index (χ2v) is 11.9. The summed E-state index contributed by atoms with van der Waals surface area (Å²) in [5.41, 5.74) is 2.58. The van der Waals surface area contributed by atoms with Crippen molar-refractivity contribution in [2.75, 3.05) is 18.0 Å². The Morgan fingerprint density at radius 1 is 1.14 bits per heavy atom.